The lowest BCUT2D eigenvalue weighted by atomic mass is 9.87. The van der Waals surface area contributed by atoms with Gasteiger partial charge in [0.1, 0.15) is 0 Å². The third-order valence-electron chi connectivity index (χ3n) is 6.04. The average molecular weight is 482 g/mol. The van der Waals surface area contributed by atoms with E-state index in [-0.39, 0.29) is 22.6 Å². The van der Waals surface area contributed by atoms with Gasteiger partial charge in [-0.15, -0.1) is 10.2 Å². The molecule has 1 aromatic heterocycles. The molecule has 3 N–H and O–H groups in total. The summed E-state index contributed by atoms with van der Waals surface area (Å²) in [7, 11) is 0. The maximum atomic E-state index is 8.43. The first-order chi connectivity index (χ1) is 16.9. The number of hydrogen-bond donors (Lipinski definition) is 2. The van der Waals surface area contributed by atoms with Crippen LogP contribution in [-0.2, 0) is 15.6 Å². The Balaban J connectivity index is 1.48. The molecule has 184 valence electrons. The molecule has 4 rings (SSSR count). The van der Waals surface area contributed by atoms with Gasteiger partial charge in [-0.3, -0.25) is 5.41 Å². The van der Waals surface area contributed by atoms with Gasteiger partial charge in [0.2, 0.25) is 17.7 Å². The smallest absolute Gasteiger partial charge is 0.373 e. The minimum atomic E-state index is -0.0632. The van der Waals surface area contributed by atoms with Gasteiger partial charge in [-0.1, -0.05) is 71.9 Å². The van der Waals surface area contributed by atoms with Gasteiger partial charge in [-0.25, -0.2) is 5.41 Å². The molecule has 0 aliphatic rings. The lowest BCUT2D eigenvalue weighted by Gasteiger charge is -2.18. The number of nitrogens with one attached hydrogen (secondary N) is 1. The fraction of sp³-hybridized carbons (Fsp3) is 0.267. The summed E-state index contributed by atoms with van der Waals surface area (Å²) in [5, 5.41) is 23.0. The minimum Gasteiger partial charge on any atom is -0.416 e. The van der Waals surface area contributed by atoms with Gasteiger partial charge in [0, 0.05) is 16.7 Å². The predicted molar refractivity (Wildman–Crippen MR) is 143 cm³/mol. The first kappa shape index (κ1) is 25.0. The highest BCUT2D eigenvalue weighted by atomic mass is 16.5. The summed E-state index contributed by atoms with van der Waals surface area (Å²) < 4.78 is 11.6. The summed E-state index contributed by atoms with van der Waals surface area (Å²) in [6, 6.07) is 23.2. The van der Waals surface area contributed by atoms with Crippen molar-refractivity contribution in [1.29, 1.82) is 5.41 Å². The molecule has 0 unspecified atom stereocenters. The van der Waals surface area contributed by atoms with Crippen LogP contribution < -0.4 is 5.41 Å². The molecule has 0 radical (unpaired) electrons. The van der Waals surface area contributed by atoms with E-state index in [1.807, 2.05) is 48.5 Å². The minimum absolute atomic E-state index is 0.0474. The third kappa shape index (κ3) is 5.60. The molecule has 0 amide bonds. The second kappa shape index (κ2) is 9.53. The van der Waals surface area contributed by atoms with Crippen LogP contribution in [0.25, 0.3) is 22.9 Å². The normalized spacial score (nSPS) is 11.8. The van der Waals surface area contributed by atoms with Gasteiger partial charge < -0.3 is 9.15 Å². The van der Waals surface area contributed by atoms with Crippen molar-refractivity contribution in [3.8, 4) is 22.9 Å². The van der Waals surface area contributed by atoms with E-state index in [1.54, 1.807) is 12.1 Å². The molecule has 1 heterocycles. The Labute approximate surface area is 212 Å². The molecule has 0 spiro atoms. The Hall–Kier alpha value is -4.06. The average Bonchev–Trinajstić information content (AvgIpc) is 3.34. The number of ether oxygens (including phenoxy) is 1. The van der Waals surface area contributed by atoms with Crippen molar-refractivity contribution >= 4 is 11.8 Å². The summed E-state index contributed by atoms with van der Waals surface area (Å²) in [6.45, 7) is 13.0. The number of nitrogens with zero attached hydrogens (tertiary/aromatic N) is 2. The van der Waals surface area contributed by atoms with E-state index in [9.17, 15) is 0 Å². The van der Waals surface area contributed by atoms with E-state index in [4.69, 9.17) is 20.0 Å². The van der Waals surface area contributed by atoms with Crippen molar-refractivity contribution in [2.75, 3.05) is 0 Å². The predicted octanol–water partition coefficient (Wildman–Crippen LogP) is 5.55. The van der Waals surface area contributed by atoms with Crippen molar-refractivity contribution in [1.82, 2.24) is 10.2 Å². The number of nitrogens with two attached hydrogens (primary N) is 1. The van der Waals surface area contributed by atoms with Crippen LogP contribution in [0, 0.1) is 5.41 Å². The maximum absolute atomic E-state index is 8.43. The lowest BCUT2D eigenvalue weighted by molar-refractivity contribution is -0.130. The fourth-order valence-corrected chi connectivity index (χ4v) is 3.73. The molecule has 6 nitrogen and oxygen atoms in total. The zero-order valence-corrected chi connectivity index (χ0v) is 21.7. The Morgan fingerprint density at radius 2 is 1.25 bits per heavy atom. The van der Waals surface area contributed by atoms with Crippen LogP contribution in [0.4, 0.5) is 0 Å². The molecule has 0 atom stereocenters. The highest BCUT2D eigenvalue weighted by Crippen LogP contribution is 2.28. The lowest BCUT2D eigenvalue weighted by Crippen LogP contribution is -2.43. The highest BCUT2D eigenvalue weighted by molar-refractivity contribution is 6.04. The van der Waals surface area contributed by atoms with E-state index >= 15 is 0 Å². The van der Waals surface area contributed by atoms with Gasteiger partial charge in [0.05, 0.1) is 5.56 Å². The van der Waals surface area contributed by atoms with Gasteiger partial charge in [0.15, 0.2) is 0 Å². The van der Waals surface area contributed by atoms with Crippen molar-refractivity contribution < 1.29 is 14.6 Å². The topological polar surface area (TPSA) is 97.6 Å². The highest BCUT2D eigenvalue weighted by Gasteiger charge is 2.19. The zero-order chi connectivity index (χ0) is 26.1. The molecule has 0 bridgehead atoms. The standard InChI is InChI=1S/C30H32N4O2/c1-29(2,3)23-14-10-19(11-15-23)25(31)35-26(32)21-8-7-9-22(18-21)28-34-33-27(36-28)20-12-16-24(17-13-20)30(4,5)6/h7-18,31-32H,1-6H3/p+1. The van der Waals surface area contributed by atoms with Crippen LogP contribution in [0.2, 0.25) is 0 Å². The molecule has 0 fully saturated rings. The van der Waals surface area contributed by atoms with Crippen LogP contribution in [0.5, 0.6) is 0 Å². The Kier molecular flexibility index (Phi) is 6.63. The molecule has 0 saturated carbocycles. The van der Waals surface area contributed by atoms with E-state index in [0.717, 1.165) is 11.1 Å². The monoisotopic (exact) mass is 481 g/mol. The van der Waals surface area contributed by atoms with E-state index in [0.29, 0.717) is 22.9 Å². The summed E-state index contributed by atoms with van der Waals surface area (Å²) in [6.07, 6.45) is 0. The first-order valence-electron chi connectivity index (χ1n) is 12.0. The SMILES string of the molecule is CC(C)(C)c1ccc(C(=[NH2+])OC(=N)c2cccc(-c3nnc(-c4ccc(C(C)(C)C)cc4)o3)c2)cc1. The van der Waals surface area contributed by atoms with E-state index < -0.39 is 0 Å². The molecule has 0 aliphatic heterocycles. The summed E-state index contributed by atoms with van der Waals surface area (Å²) in [5.74, 6) is 0.920. The van der Waals surface area contributed by atoms with Crippen LogP contribution in [0.1, 0.15) is 63.8 Å². The summed E-state index contributed by atoms with van der Waals surface area (Å²) >= 11 is 0. The first-order valence-corrected chi connectivity index (χ1v) is 12.0. The molecule has 0 saturated heterocycles. The van der Waals surface area contributed by atoms with Crippen molar-refractivity contribution in [2.45, 2.75) is 52.4 Å². The van der Waals surface area contributed by atoms with E-state index in [2.05, 4.69) is 63.9 Å². The van der Waals surface area contributed by atoms with Crippen LogP contribution in [0.3, 0.4) is 0 Å². The number of hydrogen-bond acceptors (Lipinski definition) is 5. The Morgan fingerprint density at radius 3 is 1.81 bits per heavy atom. The Bertz CT molecular complexity index is 1390. The second-order valence-corrected chi connectivity index (χ2v) is 10.9. The van der Waals surface area contributed by atoms with E-state index in [1.165, 1.54) is 11.1 Å². The quantitative estimate of drug-likeness (QED) is 0.295. The molecular weight excluding hydrogens is 448 g/mol. The van der Waals surface area contributed by atoms with Gasteiger partial charge in [-0.2, -0.15) is 0 Å². The number of aromatic nitrogens is 2. The number of benzene rings is 3. The van der Waals surface area contributed by atoms with Crippen LogP contribution >= 0.6 is 0 Å². The maximum Gasteiger partial charge on any atom is 0.373 e. The van der Waals surface area contributed by atoms with Gasteiger partial charge in [-0.05, 0) is 64.4 Å². The Morgan fingerprint density at radius 1 is 0.722 bits per heavy atom. The second-order valence-electron chi connectivity index (χ2n) is 10.9. The van der Waals surface area contributed by atoms with Gasteiger partial charge >= 0.3 is 5.90 Å². The van der Waals surface area contributed by atoms with Gasteiger partial charge in [0.25, 0.3) is 0 Å². The molecule has 3 aromatic carbocycles. The zero-order valence-electron chi connectivity index (χ0n) is 21.7. The largest absolute Gasteiger partial charge is 0.416 e. The fourth-order valence-electron chi connectivity index (χ4n) is 3.73. The summed E-state index contributed by atoms with van der Waals surface area (Å²) in [4.78, 5) is 0. The van der Waals surface area contributed by atoms with Crippen LogP contribution in [-0.4, -0.2) is 22.0 Å². The van der Waals surface area contributed by atoms with Crippen molar-refractivity contribution in [2.24, 2.45) is 0 Å². The molecule has 4 aromatic rings. The number of rotatable bonds is 4. The van der Waals surface area contributed by atoms with Crippen molar-refractivity contribution in [3.63, 3.8) is 0 Å². The molecule has 6 heteroatoms. The van der Waals surface area contributed by atoms with Crippen LogP contribution in [0.15, 0.2) is 77.2 Å². The molecular formula is C30H33N4O2+. The molecule has 36 heavy (non-hydrogen) atoms. The van der Waals surface area contributed by atoms with Crippen molar-refractivity contribution in [3.05, 3.63) is 95.1 Å². The summed E-state index contributed by atoms with van der Waals surface area (Å²) in [5.41, 5.74) is 5.38. The third-order valence-corrected chi connectivity index (χ3v) is 6.04. The molecule has 0 aliphatic carbocycles.